The van der Waals surface area contributed by atoms with Crippen LogP contribution in [0.15, 0.2) is 54.6 Å². The summed E-state index contributed by atoms with van der Waals surface area (Å²) in [5.74, 6) is 0.0492. The molecule has 0 N–H and O–H groups in total. The molecule has 1 aliphatic rings. The van der Waals surface area contributed by atoms with Crippen LogP contribution in [0.2, 0.25) is 0 Å². The second-order valence-electron chi connectivity index (χ2n) is 6.24. The molecule has 2 aromatic carbocycles. The maximum atomic E-state index is 13.7. The van der Waals surface area contributed by atoms with Crippen molar-refractivity contribution >= 4 is 5.91 Å². The summed E-state index contributed by atoms with van der Waals surface area (Å²) in [6.45, 7) is 1.46. The Morgan fingerprint density at radius 1 is 1.00 bits per heavy atom. The standard InChI is InChI=1S/C20H22FNO/c21-19-9-5-4-8-18(19)20(23)22-14-12-17(13-15-22)11-10-16-6-2-1-3-7-16/h1-9,17H,10-15H2. The number of carbonyl (C=O) groups excluding carboxylic acids is 1. The van der Waals surface area contributed by atoms with Crippen LogP contribution >= 0.6 is 0 Å². The average Bonchev–Trinajstić information content (AvgIpc) is 2.61. The Morgan fingerprint density at radius 2 is 1.65 bits per heavy atom. The summed E-state index contributed by atoms with van der Waals surface area (Å²) in [6, 6.07) is 16.8. The van der Waals surface area contributed by atoms with Gasteiger partial charge in [-0.3, -0.25) is 4.79 Å². The number of hydrogen-bond donors (Lipinski definition) is 0. The molecule has 1 heterocycles. The highest BCUT2D eigenvalue weighted by Crippen LogP contribution is 2.24. The molecule has 0 atom stereocenters. The van der Waals surface area contributed by atoms with Crippen molar-refractivity contribution in [2.24, 2.45) is 5.92 Å². The summed E-state index contributed by atoms with van der Waals surface area (Å²) >= 11 is 0. The van der Waals surface area contributed by atoms with E-state index in [1.165, 1.54) is 11.6 Å². The average molecular weight is 311 g/mol. The van der Waals surface area contributed by atoms with Gasteiger partial charge in [-0.25, -0.2) is 4.39 Å². The van der Waals surface area contributed by atoms with Gasteiger partial charge in [-0.15, -0.1) is 0 Å². The largest absolute Gasteiger partial charge is 0.339 e. The van der Waals surface area contributed by atoms with Gasteiger partial charge in [0.15, 0.2) is 0 Å². The molecule has 3 heteroatoms. The maximum absolute atomic E-state index is 13.7. The van der Waals surface area contributed by atoms with Crippen molar-refractivity contribution < 1.29 is 9.18 Å². The van der Waals surface area contributed by atoms with Crippen molar-refractivity contribution in [3.05, 3.63) is 71.5 Å². The number of likely N-dealkylation sites (tertiary alicyclic amines) is 1. The number of carbonyl (C=O) groups is 1. The third-order valence-corrected chi connectivity index (χ3v) is 4.69. The lowest BCUT2D eigenvalue weighted by molar-refractivity contribution is 0.0682. The lowest BCUT2D eigenvalue weighted by Crippen LogP contribution is -2.38. The van der Waals surface area contributed by atoms with Crippen LogP contribution < -0.4 is 0 Å². The van der Waals surface area contributed by atoms with Gasteiger partial charge in [0.05, 0.1) is 5.56 Å². The first-order chi connectivity index (χ1) is 11.2. The van der Waals surface area contributed by atoms with Crippen molar-refractivity contribution in [1.82, 2.24) is 4.90 Å². The van der Waals surface area contributed by atoms with Crippen molar-refractivity contribution in [3.63, 3.8) is 0 Å². The molecule has 0 aromatic heterocycles. The topological polar surface area (TPSA) is 20.3 Å². The number of halogens is 1. The second kappa shape index (κ2) is 7.40. The fraction of sp³-hybridized carbons (Fsp3) is 0.350. The zero-order valence-electron chi connectivity index (χ0n) is 13.2. The van der Waals surface area contributed by atoms with Gasteiger partial charge in [0.25, 0.3) is 5.91 Å². The van der Waals surface area contributed by atoms with Crippen molar-refractivity contribution in [2.75, 3.05) is 13.1 Å². The van der Waals surface area contributed by atoms with E-state index in [-0.39, 0.29) is 11.5 Å². The molecule has 2 aromatic rings. The van der Waals surface area contributed by atoms with E-state index in [4.69, 9.17) is 0 Å². The predicted molar refractivity (Wildman–Crippen MR) is 89.8 cm³/mol. The zero-order chi connectivity index (χ0) is 16.1. The molecule has 3 rings (SSSR count). The minimum Gasteiger partial charge on any atom is -0.339 e. The Kier molecular flexibility index (Phi) is 5.06. The predicted octanol–water partition coefficient (Wildman–Crippen LogP) is 4.31. The quantitative estimate of drug-likeness (QED) is 0.824. The molecular formula is C20H22FNO. The van der Waals surface area contributed by atoms with E-state index < -0.39 is 5.82 Å². The number of aryl methyl sites for hydroxylation is 1. The molecule has 0 aliphatic carbocycles. The number of piperidine rings is 1. The molecule has 0 bridgehead atoms. The normalized spacial score (nSPS) is 15.6. The van der Waals surface area contributed by atoms with E-state index in [1.54, 1.807) is 23.1 Å². The van der Waals surface area contributed by atoms with Gasteiger partial charge < -0.3 is 4.90 Å². The fourth-order valence-corrected chi connectivity index (χ4v) is 3.25. The van der Waals surface area contributed by atoms with Crippen molar-refractivity contribution in [3.8, 4) is 0 Å². The number of rotatable bonds is 4. The van der Waals surface area contributed by atoms with Gasteiger partial charge in [-0.1, -0.05) is 42.5 Å². The van der Waals surface area contributed by atoms with Crippen LogP contribution in [0.3, 0.4) is 0 Å². The first-order valence-corrected chi connectivity index (χ1v) is 8.32. The molecule has 0 spiro atoms. The van der Waals surface area contributed by atoms with Crippen LogP contribution in [-0.4, -0.2) is 23.9 Å². The monoisotopic (exact) mass is 311 g/mol. The first kappa shape index (κ1) is 15.7. The van der Waals surface area contributed by atoms with Gasteiger partial charge >= 0.3 is 0 Å². The zero-order valence-corrected chi connectivity index (χ0v) is 13.2. The summed E-state index contributed by atoms with van der Waals surface area (Å²) in [6.07, 6.45) is 4.26. The number of benzene rings is 2. The minimum absolute atomic E-state index is 0.176. The van der Waals surface area contributed by atoms with Gasteiger partial charge in [0, 0.05) is 13.1 Å². The maximum Gasteiger partial charge on any atom is 0.256 e. The Hall–Kier alpha value is -2.16. The van der Waals surface area contributed by atoms with Gasteiger partial charge in [-0.05, 0) is 49.3 Å². The number of hydrogen-bond acceptors (Lipinski definition) is 1. The molecule has 2 nitrogen and oxygen atoms in total. The summed E-state index contributed by atoms with van der Waals surface area (Å²) in [5.41, 5.74) is 1.56. The Labute approximate surface area is 136 Å². The van der Waals surface area contributed by atoms with E-state index in [2.05, 4.69) is 24.3 Å². The number of amides is 1. The minimum atomic E-state index is -0.427. The highest BCUT2D eigenvalue weighted by atomic mass is 19.1. The molecule has 1 saturated heterocycles. The van der Waals surface area contributed by atoms with Crippen LogP contribution in [0.4, 0.5) is 4.39 Å². The highest BCUT2D eigenvalue weighted by molar-refractivity contribution is 5.94. The highest BCUT2D eigenvalue weighted by Gasteiger charge is 2.24. The van der Waals surface area contributed by atoms with Crippen LogP contribution in [0.25, 0.3) is 0 Å². The van der Waals surface area contributed by atoms with Gasteiger partial charge in [-0.2, -0.15) is 0 Å². The van der Waals surface area contributed by atoms with E-state index in [9.17, 15) is 9.18 Å². The SMILES string of the molecule is O=C(c1ccccc1F)N1CCC(CCc2ccccc2)CC1. The molecule has 23 heavy (non-hydrogen) atoms. The summed E-state index contributed by atoms with van der Waals surface area (Å²) in [4.78, 5) is 14.2. The summed E-state index contributed by atoms with van der Waals surface area (Å²) < 4.78 is 13.7. The van der Waals surface area contributed by atoms with E-state index >= 15 is 0 Å². The molecular weight excluding hydrogens is 289 g/mol. The third-order valence-electron chi connectivity index (χ3n) is 4.69. The first-order valence-electron chi connectivity index (χ1n) is 8.32. The number of nitrogens with zero attached hydrogens (tertiary/aromatic N) is 1. The third kappa shape index (κ3) is 3.98. The van der Waals surface area contributed by atoms with Crippen LogP contribution in [-0.2, 0) is 6.42 Å². The molecule has 120 valence electrons. The van der Waals surface area contributed by atoms with Crippen LogP contribution in [0, 0.1) is 11.7 Å². The van der Waals surface area contributed by atoms with E-state index in [0.29, 0.717) is 5.92 Å². The molecule has 0 radical (unpaired) electrons. The summed E-state index contributed by atoms with van der Waals surface area (Å²) in [7, 11) is 0. The molecule has 1 aliphatic heterocycles. The smallest absolute Gasteiger partial charge is 0.256 e. The molecule has 1 fully saturated rings. The van der Waals surface area contributed by atoms with Crippen molar-refractivity contribution in [1.29, 1.82) is 0 Å². The second-order valence-corrected chi connectivity index (χ2v) is 6.24. The Bertz CT molecular complexity index is 648. The Morgan fingerprint density at radius 3 is 2.35 bits per heavy atom. The lowest BCUT2D eigenvalue weighted by atomic mass is 9.90. The van der Waals surface area contributed by atoms with Crippen molar-refractivity contribution in [2.45, 2.75) is 25.7 Å². The Balaban J connectivity index is 1.50. The molecule has 0 saturated carbocycles. The fourth-order valence-electron chi connectivity index (χ4n) is 3.25. The lowest BCUT2D eigenvalue weighted by Gasteiger charge is -2.32. The van der Waals surface area contributed by atoms with Crippen LogP contribution in [0.5, 0.6) is 0 Å². The molecule has 0 unspecified atom stereocenters. The van der Waals surface area contributed by atoms with E-state index in [0.717, 1.165) is 38.8 Å². The van der Waals surface area contributed by atoms with Crippen LogP contribution in [0.1, 0.15) is 35.2 Å². The van der Waals surface area contributed by atoms with Gasteiger partial charge in [0.2, 0.25) is 0 Å². The van der Waals surface area contributed by atoms with E-state index in [1.807, 2.05) is 6.07 Å². The summed E-state index contributed by atoms with van der Waals surface area (Å²) in [5, 5.41) is 0. The van der Waals surface area contributed by atoms with Gasteiger partial charge in [0.1, 0.15) is 5.82 Å². The molecule has 1 amide bonds.